The second-order valence-electron chi connectivity index (χ2n) is 3.71. The van der Waals surface area contributed by atoms with Gasteiger partial charge in [-0.2, -0.15) is 13.2 Å². The van der Waals surface area contributed by atoms with Gasteiger partial charge < -0.3 is 10.5 Å². The van der Waals surface area contributed by atoms with Crippen molar-refractivity contribution in [3.05, 3.63) is 23.5 Å². The minimum absolute atomic E-state index is 0.101. The van der Waals surface area contributed by atoms with Crippen LogP contribution in [-0.2, 0) is 12.7 Å². The van der Waals surface area contributed by atoms with Gasteiger partial charge in [-0.1, -0.05) is 0 Å². The third-order valence-electron chi connectivity index (χ3n) is 2.23. The first-order valence-corrected chi connectivity index (χ1v) is 4.93. The summed E-state index contributed by atoms with van der Waals surface area (Å²) in [5, 5.41) is 0. The molecule has 6 heteroatoms. The van der Waals surface area contributed by atoms with Gasteiger partial charge in [0, 0.05) is 12.7 Å². The van der Waals surface area contributed by atoms with Gasteiger partial charge in [-0.15, -0.1) is 0 Å². The number of hydrogen-bond donors (Lipinski definition) is 1. The molecule has 0 unspecified atom stereocenters. The zero-order valence-corrected chi connectivity index (χ0v) is 8.42. The van der Waals surface area contributed by atoms with Crippen LogP contribution in [0.2, 0.25) is 0 Å². The van der Waals surface area contributed by atoms with E-state index in [4.69, 9.17) is 10.5 Å². The van der Waals surface area contributed by atoms with Gasteiger partial charge in [0.15, 0.2) is 11.4 Å². The lowest BCUT2D eigenvalue weighted by Crippen LogP contribution is -2.13. The van der Waals surface area contributed by atoms with Gasteiger partial charge >= 0.3 is 6.18 Å². The van der Waals surface area contributed by atoms with E-state index in [1.54, 1.807) is 0 Å². The van der Waals surface area contributed by atoms with Crippen LogP contribution in [0, 0.1) is 0 Å². The smallest absolute Gasteiger partial charge is 0.437 e. The number of rotatable bonds is 3. The van der Waals surface area contributed by atoms with E-state index >= 15 is 0 Å². The summed E-state index contributed by atoms with van der Waals surface area (Å²) in [4.78, 5) is 3.37. The molecule has 16 heavy (non-hydrogen) atoms. The molecule has 88 valence electrons. The van der Waals surface area contributed by atoms with Crippen molar-refractivity contribution < 1.29 is 17.9 Å². The second-order valence-corrected chi connectivity index (χ2v) is 3.71. The Balaban J connectivity index is 2.33. The van der Waals surface area contributed by atoms with Crippen molar-refractivity contribution in [3.63, 3.8) is 0 Å². The van der Waals surface area contributed by atoms with Crippen LogP contribution in [0.25, 0.3) is 0 Å². The Morgan fingerprint density at radius 1 is 1.44 bits per heavy atom. The Kier molecular flexibility index (Phi) is 2.75. The van der Waals surface area contributed by atoms with Crippen LogP contribution in [0.1, 0.15) is 24.1 Å². The number of ether oxygens (including phenoxy) is 1. The molecule has 1 aromatic rings. The molecule has 1 aliphatic carbocycles. The van der Waals surface area contributed by atoms with Gasteiger partial charge in [0.05, 0.1) is 6.10 Å². The molecule has 0 amide bonds. The van der Waals surface area contributed by atoms with Crippen LogP contribution in [0.5, 0.6) is 5.75 Å². The van der Waals surface area contributed by atoms with Gasteiger partial charge in [-0.05, 0) is 24.5 Å². The fourth-order valence-electron chi connectivity index (χ4n) is 1.26. The first kappa shape index (κ1) is 11.2. The fraction of sp³-hybridized carbons (Fsp3) is 0.500. The van der Waals surface area contributed by atoms with Crippen molar-refractivity contribution in [2.75, 3.05) is 0 Å². The summed E-state index contributed by atoms with van der Waals surface area (Å²) in [6.45, 7) is 0.145. The van der Waals surface area contributed by atoms with Gasteiger partial charge in [0.2, 0.25) is 0 Å². The van der Waals surface area contributed by atoms with E-state index in [-0.39, 0.29) is 18.4 Å². The second kappa shape index (κ2) is 3.93. The molecule has 1 fully saturated rings. The van der Waals surface area contributed by atoms with Gasteiger partial charge in [-0.3, -0.25) is 0 Å². The third-order valence-corrected chi connectivity index (χ3v) is 2.23. The topological polar surface area (TPSA) is 48.1 Å². The lowest BCUT2D eigenvalue weighted by Gasteiger charge is -2.13. The zero-order chi connectivity index (χ0) is 11.8. The van der Waals surface area contributed by atoms with Gasteiger partial charge in [0.25, 0.3) is 0 Å². The first-order chi connectivity index (χ1) is 7.50. The molecular weight excluding hydrogens is 221 g/mol. The van der Waals surface area contributed by atoms with Crippen LogP contribution in [-0.4, -0.2) is 11.1 Å². The van der Waals surface area contributed by atoms with Crippen molar-refractivity contribution in [1.82, 2.24) is 4.98 Å². The summed E-state index contributed by atoms with van der Waals surface area (Å²) in [6, 6.07) is 1.31. The number of aromatic nitrogens is 1. The van der Waals surface area contributed by atoms with Crippen LogP contribution >= 0.6 is 0 Å². The maximum atomic E-state index is 12.6. The number of nitrogens with two attached hydrogens (primary N) is 1. The van der Waals surface area contributed by atoms with E-state index in [1.807, 2.05) is 0 Å². The highest BCUT2D eigenvalue weighted by atomic mass is 19.4. The molecular formula is C10H11F3N2O. The van der Waals surface area contributed by atoms with Crippen LogP contribution < -0.4 is 10.5 Å². The van der Waals surface area contributed by atoms with E-state index in [9.17, 15) is 13.2 Å². The molecule has 2 rings (SSSR count). The highest BCUT2D eigenvalue weighted by molar-refractivity contribution is 5.34. The molecule has 0 atom stereocenters. The monoisotopic (exact) mass is 232 g/mol. The maximum absolute atomic E-state index is 12.6. The van der Waals surface area contributed by atoms with Crippen LogP contribution in [0.4, 0.5) is 13.2 Å². The van der Waals surface area contributed by atoms with Crippen molar-refractivity contribution in [2.24, 2.45) is 5.73 Å². The summed E-state index contributed by atoms with van der Waals surface area (Å²) in [5.74, 6) is -0.210. The molecule has 0 bridgehead atoms. The van der Waals surface area contributed by atoms with E-state index in [0.717, 1.165) is 19.0 Å². The quantitative estimate of drug-likeness (QED) is 0.868. The predicted molar refractivity (Wildman–Crippen MR) is 50.8 cm³/mol. The van der Waals surface area contributed by atoms with Crippen LogP contribution in [0.3, 0.4) is 0 Å². The molecule has 1 aromatic heterocycles. The molecule has 0 saturated heterocycles. The lowest BCUT2D eigenvalue weighted by molar-refractivity contribution is -0.142. The normalized spacial score (nSPS) is 16.2. The molecule has 0 spiro atoms. The standard InChI is InChI=1S/C10H11F3N2O/c11-10(12,13)9-8(16-7-1-2-7)3-6(4-14)5-15-9/h3,5,7H,1-2,4,14H2. The Morgan fingerprint density at radius 2 is 2.12 bits per heavy atom. The Labute approximate surface area is 90.4 Å². The molecule has 0 radical (unpaired) electrons. The van der Waals surface area contributed by atoms with Gasteiger partial charge in [0.1, 0.15) is 0 Å². The molecule has 1 saturated carbocycles. The van der Waals surface area contributed by atoms with E-state index in [1.165, 1.54) is 6.07 Å². The fourth-order valence-corrected chi connectivity index (χ4v) is 1.26. The van der Waals surface area contributed by atoms with Crippen molar-refractivity contribution in [3.8, 4) is 5.75 Å². The lowest BCUT2D eigenvalue weighted by atomic mass is 10.2. The van der Waals surface area contributed by atoms with E-state index < -0.39 is 11.9 Å². The number of alkyl halides is 3. The summed E-state index contributed by atoms with van der Waals surface area (Å²) in [7, 11) is 0. The molecule has 1 heterocycles. The van der Waals surface area contributed by atoms with Crippen molar-refractivity contribution in [2.45, 2.75) is 31.7 Å². The van der Waals surface area contributed by atoms with E-state index in [2.05, 4.69) is 4.98 Å². The zero-order valence-electron chi connectivity index (χ0n) is 8.42. The summed E-state index contributed by atoms with van der Waals surface area (Å²) >= 11 is 0. The Hall–Kier alpha value is -1.30. The number of halogens is 3. The molecule has 0 aromatic carbocycles. The third kappa shape index (κ3) is 2.44. The SMILES string of the molecule is NCc1cnc(C(F)(F)F)c(OC2CC2)c1. The molecule has 3 nitrogen and oxygen atoms in total. The minimum atomic E-state index is -4.49. The highest BCUT2D eigenvalue weighted by Crippen LogP contribution is 2.37. The summed E-state index contributed by atoms with van der Waals surface area (Å²) in [6.07, 6.45) is -1.87. The average Bonchev–Trinajstić information content (AvgIpc) is 3.00. The summed E-state index contributed by atoms with van der Waals surface area (Å²) in [5.41, 5.74) is 4.90. The number of hydrogen-bond acceptors (Lipinski definition) is 3. The Morgan fingerprint density at radius 3 is 2.62 bits per heavy atom. The van der Waals surface area contributed by atoms with Crippen molar-refractivity contribution >= 4 is 0 Å². The Bertz CT molecular complexity index is 388. The number of pyridine rings is 1. The first-order valence-electron chi connectivity index (χ1n) is 4.93. The van der Waals surface area contributed by atoms with Gasteiger partial charge in [-0.25, -0.2) is 4.98 Å². The molecule has 0 aliphatic heterocycles. The minimum Gasteiger partial charge on any atom is -0.488 e. The highest BCUT2D eigenvalue weighted by Gasteiger charge is 2.38. The molecule has 2 N–H and O–H groups in total. The summed E-state index contributed by atoms with van der Waals surface area (Å²) < 4.78 is 42.9. The average molecular weight is 232 g/mol. The van der Waals surface area contributed by atoms with Crippen molar-refractivity contribution in [1.29, 1.82) is 0 Å². The predicted octanol–water partition coefficient (Wildman–Crippen LogP) is 2.10. The van der Waals surface area contributed by atoms with E-state index in [0.29, 0.717) is 5.56 Å². The maximum Gasteiger partial charge on any atom is 0.437 e. The largest absolute Gasteiger partial charge is 0.488 e. The molecule has 1 aliphatic rings. The van der Waals surface area contributed by atoms with Crippen LogP contribution in [0.15, 0.2) is 12.3 Å². The number of nitrogens with zero attached hydrogens (tertiary/aromatic N) is 1.